The number of hydrogen-bond acceptors (Lipinski definition) is 4. The summed E-state index contributed by atoms with van der Waals surface area (Å²) in [6, 6.07) is 0. The molecule has 1 amide bonds. The van der Waals surface area contributed by atoms with Gasteiger partial charge in [-0.05, 0) is 0 Å². The average Bonchev–Trinajstić information content (AvgIpc) is 2.49. The number of amides is 1. The fraction of sp³-hybridized carbons (Fsp3) is 0.125. The van der Waals surface area contributed by atoms with E-state index in [9.17, 15) is 4.79 Å². The summed E-state index contributed by atoms with van der Waals surface area (Å²) in [7, 11) is 0. The number of carbonyl (C=O) groups is 1. The number of primary amides is 1. The number of carbonyl (C=O) groups excluding carboxylic acids is 1. The predicted octanol–water partition coefficient (Wildman–Crippen LogP) is 0.251. The lowest BCUT2D eigenvalue weighted by molar-refractivity contribution is -0.117. The van der Waals surface area contributed by atoms with Gasteiger partial charge in [0, 0.05) is 6.20 Å². The second kappa shape index (κ2) is 2.85. The van der Waals surface area contributed by atoms with E-state index in [2.05, 4.69) is 9.97 Å². The summed E-state index contributed by atoms with van der Waals surface area (Å²) < 4.78 is 4.91. The third kappa shape index (κ3) is 1.48. The van der Waals surface area contributed by atoms with E-state index in [1.165, 1.54) is 6.26 Å². The Morgan fingerprint density at radius 1 is 1.54 bits per heavy atom. The highest BCUT2D eigenvalue weighted by Crippen LogP contribution is 2.10. The van der Waals surface area contributed by atoms with Gasteiger partial charge in [-0.15, -0.1) is 0 Å². The first-order valence-corrected chi connectivity index (χ1v) is 3.72. The van der Waals surface area contributed by atoms with Crippen molar-refractivity contribution < 1.29 is 9.21 Å². The summed E-state index contributed by atoms with van der Waals surface area (Å²) in [4.78, 5) is 18.6. The molecule has 0 aliphatic heterocycles. The summed E-state index contributed by atoms with van der Waals surface area (Å²) in [6.45, 7) is 0. The maximum atomic E-state index is 10.6. The monoisotopic (exact) mass is 177 g/mol. The van der Waals surface area contributed by atoms with Crippen molar-refractivity contribution in [2.75, 3.05) is 0 Å². The van der Waals surface area contributed by atoms with Crippen LogP contribution in [0.5, 0.6) is 0 Å². The summed E-state index contributed by atoms with van der Waals surface area (Å²) in [5.41, 5.74) is 5.69. The summed E-state index contributed by atoms with van der Waals surface area (Å²) in [5, 5.41) is 0.813. The maximum Gasteiger partial charge on any atom is 0.225 e. The van der Waals surface area contributed by atoms with Gasteiger partial charge >= 0.3 is 0 Å². The Morgan fingerprint density at radius 3 is 3.15 bits per heavy atom. The van der Waals surface area contributed by atoms with Crippen LogP contribution in [0.15, 0.2) is 23.1 Å². The van der Waals surface area contributed by atoms with Gasteiger partial charge in [-0.1, -0.05) is 0 Å². The molecular formula is C8H7N3O2. The molecule has 2 rings (SSSR count). The van der Waals surface area contributed by atoms with Crippen LogP contribution in [-0.4, -0.2) is 15.9 Å². The molecular weight excluding hydrogens is 170 g/mol. The highest BCUT2D eigenvalue weighted by Gasteiger charge is 2.03. The lowest BCUT2D eigenvalue weighted by atomic mass is 10.3. The molecule has 0 unspecified atom stereocenters. The molecule has 0 spiro atoms. The third-order valence-electron chi connectivity index (χ3n) is 1.60. The van der Waals surface area contributed by atoms with Gasteiger partial charge in [0.05, 0.1) is 11.8 Å². The number of furan rings is 1. The Labute approximate surface area is 73.6 Å². The molecule has 2 aromatic heterocycles. The fourth-order valence-corrected chi connectivity index (χ4v) is 1.04. The van der Waals surface area contributed by atoms with E-state index in [0.717, 1.165) is 5.39 Å². The SMILES string of the molecule is NC(=O)Cc1ncc2cocc2n1. The van der Waals surface area contributed by atoms with Crippen molar-refractivity contribution in [3.8, 4) is 0 Å². The van der Waals surface area contributed by atoms with Gasteiger partial charge in [0.15, 0.2) is 0 Å². The van der Waals surface area contributed by atoms with E-state index in [-0.39, 0.29) is 6.42 Å². The van der Waals surface area contributed by atoms with Gasteiger partial charge in [-0.2, -0.15) is 0 Å². The predicted molar refractivity (Wildman–Crippen MR) is 44.7 cm³/mol. The quantitative estimate of drug-likeness (QED) is 0.712. The van der Waals surface area contributed by atoms with E-state index in [1.54, 1.807) is 12.5 Å². The number of nitrogens with zero attached hydrogens (tertiary/aromatic N) is 2. The van der Waals surface area contributed by atoms with Crippen molar-refractivity contribution in [1.82, 2.24) is 9.97 Å². The van der Waals surface area contributed by atoms with Crippen LogP contribution >= 0.6 is 0 Å². The van der Waals surface area contributed by atoms with Crippen molar-refractivity contribution in [3.63, 3.8) is 0 Å². The Kier molecular flexibility index (Phi) is 1.70. The lowest BCUT2D eigenvalue weighted by Crippen LogP contribution is -2.15. The fourth-order valence-electron chi connectivity index (χ4n) is 1.04. The van der Waals surface area contributed by atoms with Gasteiger partial charge < -0.3 is 10.2 Å². The molecule has 66 valence electrons. The van der Waals surface area contributed by atoms with E-state index < -0.39 is 5.91 Å². The minimum atomic E-state index is -0.442. The van der Waals surface area contributed by atoms with E-state index in [1.807, 2.05) is 0 Å². The molecule has 2 N–H and O–H groups in total. The number of hydrogen-bond donors (Lipinski definition) is 1. The molecule has 5 nitrogen and oxygen atoms in total. The molecule has 2 aromatic rings. The van der Waals surface area contributed by atoms with Gasteiger partial charge in [0.2, 0.25) is 5.91 Å². The highest BCUT2D eigenvalue weighted by molar-refractivity contribution is 5.78. The Bertz CT molecular complexity index is 449. The van der Waals surface area contributed by atoms with Crippen molar-refractivity contribution >= 4 is 16.8 Å². The minimum Gasteiger partial charge on any atom is -0.470 e. The van der Waals surface area contributed by atoms with Crippen LogP contribution in [0.1, 0.15) is 5.82 Å². The molecule has 5 heteroatoms. The van der Waals surface area contributed by atoms with Gasteiger partial charge in [-0.25, -0.2) is 9.97 Å². The second-order valence-electron chi connectivity index (χ2n) is 2.64. The van der Waals surface area contributed by atoms with Crippen LogP contribution in [0, 0.1) is 0 Å². The standard InChI is InChI=1S/C8H7N3O2/c9-7(12)1-8-10-2-5-3-13-4-6(5)11-8/h2-4H,1H2,(H2,9,12). The highest BCUT2D eigenvalue weighted by atomic mass is 16.3. The first-order valence-electron chi connectivity index (χ1n) is 3.72. The van der Waals surface area contributed by atoms with Crippen molar-refractivity contribution in [3.05, 3.63) is 24.5 Å². The van der Waals surface area contributed by atoms with Crippen LogP contribution in [-0.2, 0) is 11.2 Å². The molecule has 0 aliphatic carbocycles. The van der Waals surface area contributed by atoms with Gasteiger partial charge in [-0.3, -0.25) is 4.79 Å². The maximum absolute atomic E-state index is 10.6. The molecule has 0 fully saturated rings. The van der Waals surface area contributed by atoms with E-state index >= 15 is 0 Å². The molecule has 0 aromatic carbocycles. The Hall–Kier alpha value is -1.91. The lowest BCUT2D eigenvalue weighted by Gasteiger charge is -1.94. The molecule has 0 saturated heterocycles. The first kappa shape index (κ1) is 7.72. The van der Waals surface area contributed by atoms with E-state index in [4.69, 9.17) is 10.2 Å². The normalized spacial score (nSPS) is 10.5. The topological polar surface area (TPSA) is 82.0 Å². The summed E-state index contributed by atoms with van der Waals surface area (Å²) >= 11 is 0. The third-order valence-corrected chi connectivity index (χ3v) is 1.60. The number of fused-ring (bicyclic) bond motifs is 1. The van der Waals surface area contributed by atoms with Crippen molar-refractivity contribution in [2.24, 2.45) is 5.73 Å². The number of nitrogens with two attached hydrogens (primary N) is 1. The average molecular weight is 177 g/mol. The molecule has 2 heterocycles. The second-order valence-corrected chi connectivity index (χ2v) is 2.64. The van der Waals surface area contributed by atoms with Crippen molar-refractivity contribution in [1.29, 1.82) is 0 Å². The zero-order valence-electron chi connectivity index (χ0n) is 6.73. The largest absolute Gasteiger partial charge is 0.470 e. The van der Waals surface area contributed by atoms with Gasteiger partial charge in [0.25, 0.3) is 0 Å². The molecule has 0 radical (unpaired) electrons. The Morgan fingerprint density at radius 2 is 2.38 bits per heavy atom. The van der Waals surface area contributed by atoms with E-state index in [0.29, 0.717) is 11.3 Å². The summed E-state index contributed by atoms with van der Waals surface area (Å²) in [6.07, 6.45) is 4.70. The molecule has 0 aliphatic rings. The number of rotatable bonds is 2. The summed E-state index contributed by atoms with van der Waals surface area (Å²) in [5.74, 6) is -0.0238. The van der Waals surface area contributed by atoms with Crippen molar-refractivity contribution in [2.45, 2.75) is 6.42 Å². The van der Waals surface area contributed by atoms with Crippen LogP contribution in [0.4, 0.5) is 0 Å². The molecule has 13 heavy (non-hydrogen) atoms. The van der Waals surface area contributed by atoms with Crippen LogP contribution in [0.2, 0.25) is 0 Å². The number of aromatic nitrogens is 2. The zero-order valence-corrected chi connectivity index (χ0v) is 6.73. The minimum absolute atomic E-state index is 0.0567. The van der Waals surface area contributed by atoms with Gasteiger partial charge in [0.1, 0.15) is 23.9 Å². The molecule has 0 saturated carbocycles. The van der Waals surface area contributed by atoms with Crippen LogP contribution in [0.25, 0.3) is 10.9 Å². The van der Waals surface area contributed by atoms with Crippen LogP contribution < -0.4 is 5.73 Å². The molecule has 0 bridgehead atoms. The Balaban J connectivity index is 2.42. The van der Waals surface area contributed by atoms with Crippen LogP contribution in [0.3, 0.4) is 0 Å². The zero-order chi connectivity index (χ0) is 9.26. The first-order chi connectivity index (χ1) is 6.25. The molecule has 0 atom stereocenters. The smallest absolute Gasteiger partial charge is 0.225 e.